The van der Waals surface area contributed by atoms with Crippen molar-refractivity contribution >= 4 is 28.4 Å². The fourth-order valence-corrected chi connectivity index (χ4v) is 1.88. The smallest absolute Gasteiger partial charge is 0.126 e. The van der Waals surface area contributed by atoms with Crippen LogP contribution in [0.5, 0.6) is 0 Å². The van der Waals surface area contributed by atoms with Crippen molar-refractivity contribution in [3.05, 3.63) is 32.9 Å². The Morgan fingerprint density at radius 3 is 3.00 bits per heavy atom. The Labute approximate surface area is 78.7 Å². The number of rotatable bonds is 0. The van der Waals surface area contributed by atoms with Crippen molar-refractivity contribution < 1.29 is 0 Å². The van der Waals surface area contributed by atoms with Crippen molar-refractivity contribution in [1.82, 2.24) is 0 Å². The predicted molar refractivity (Wildman–Crippen MR) is 53.6 cm³/mol. The van der Waals surface area contributed by atoms with Crippen LogP contribution in [0, 0.1) is 3.57 Å². The first-order valence-corrected chi connectivity index (χ1v) is 4.44. The third-order valence-electron chi connectivity index (χ3n) is 1.80. The lowest BCUT2D eigenvalue weighted by atomic mass is 10.1. The molecule has 11 heavy (non-hydrogen) atoms. The quantitative estimate of drug-likeness (QED) is 0.704. The van der Waals surface area contributed by atoms with Gasteiger partial charge >= 0.3 is 0 Å². The molecule has 0 amide bonds. The van der Waals surface area contributed by atoms with Gasteiger partial charge in [-0.2, -0.15) is 0 Å². The molecule has 0 radical (unpaired) electrons. The van der Waals surface area contributed by atoms with Gasteiger partial charge in [0, 0.05) is 9.13 Å². The summed E-state index contributed by atoms with van der Waals surface area (Å²) >= 11 is 2.31. The second-order valence-electron chi connectivity index (χ2n) is 2.47. The lowest BCUT2D eigenvalue weighted by Crippen LogP contribution is -2.10. The SMILES string of the molecule is NC1=NCc2c(I)cccc21. The summed E-state index contributed by atoms with van der Waals surface area (Å²) in [6.07, 6.45) is 0. The van der Waals surface area contributed by atoms with Gasteiger partial charge in [0.15, 0.2) is 0 Å². The number of hydrogen-bond acceptors (Lipinski definition) is 2. The molecular weight excluding hydrogens is 251 g/mol. The van der Waals surface area contributed by atoms with Crippen molar-refractivity contribution in [2.45, 2.75) is 6.54 Å². The van der Waals surface area contributed by atoms with Gasteiger partial charge in [0.2, 0.25) is 0 Å². The normalized spacial score (nSPS) is 14.5. The van der Waals surface area contributed by atoms with Crippen LogP contribution in [0.15, 0.2) is 23.2 Å². The summed E-state index contributed by atoms with van der Waals surface area (Å²) in [7, 11) is 0. The van der Waals surface area contributed by atoms with Crippen LogP contribution in [0.2, 0.25) is 0 Å². The Balaban J connectivity index is 2.64. The summed E-state index contributed by atoms with van der Waals surface area (Å²) in [4.78, 5) is 4.15. The number of benzene rings is 1. The van der Waals surface area contributed by atoms with E-state index in [2.05, 4.69) is 33.6 Å². The van der Waals surface area contributed by atoms with E-state index in [4.69, 9.17) is 5.73 Å². The molecule has 0 fully saturated rings. The van der Waals surface area contributed by atoms with Crippen LogP contribution >= 0.6 is 22.6 Å². The van der Waals surface area contributed by atoms with Gasteiger partial charge in [0.05, 0.1) is 6.54 Å². The van der Waals surface area contributed by atoms with Crippen molar-refractivity contribution in [1.29, 1.82) is 0 Å². The molecular formula is C8H7IN2. The summed E-state index contributed by atoms with van der Waals surface area (Å²) in [6, 6.07) is 6.10. The molecule has 1 aromatic rings. The van der Waals surface area contributed by atoms with Crippen LogP contribution in [-0.4, -0.2) is 5.84 Å². The van der Waals surface area contributed by atoms with Gasteiger partial charge in [-0.3, -0.25) is 4.99 Å². The van der Waals surface area contributed by atoms with Gasteiger partial charge in [-0.05, 0) is 34.2 Å². The van der Waals surface area contributed by atoms with Crippen LogP contribution in [0.25, 0.3) is 0 Å². The molecule has 0 saturated heterocycles. The Morgan fingerprint density at radius 2 is 2.27 bits per heavy atom. The first kappa shape index (κ1) is 7.09. The molecule has 0 aliphatic carbocycles. The first-order chi connectivity index (χ1) is 5.29. The van der Waals surface area contributed by atoms with E-state index in [1.807, 2.05) is 12.1 Å². The van der Waals surface area contributed by atoms with E-state index in [9.17, 15) is 0 Å². The maximum atomic E-state index is 5.66. The number of nitrogens with zero attached hydrogens (tertiary/aromatic N) is 1. The molecule has 0 atom stereocenters. The van der Waals surface area contributed by atoms with Crippen LogP contribution in [0.1, 0.15) is 11.1 Å². The molecule has 0 spiro atoms. The lowest BCUT2D eigenvalue weighted by molar-refractivity contribution is 1.09. The van der Waals surface area contributed by atoms with E-state index in [-0.39, 0.29) is 0 Å². The molecule has 0 unspecified atom stereocenters. The molecule has 0 aromatic heterocycles. The van der Waals surface area contributed by atoms with Crippen LogP contribution < -0.4 is 5.73 Å². The van der Waals surface area contributed by atoms with E-state index < -0.39 is 0 Å². The fraction of sp³-hybridized carbons (Fsp3) is 0.125. The zero-order chi connectivity index (χ0) is 7.84. The molecule has 56 valence electrons. The number of fused-ring (bicyclic) bond motifs is 1. The highest BCUT2D eigenvalue weighted by Gasteiger charge is 2.14. The van der Waals surface area contributed by atoms with Crippen LogP contribution in [0.4, 0.5) is 0 Å². The van der Waals surface area contributed by atoms with E-state index in [0.29, 0.717) is 5.84 Å². The van der Waals surface area contributed by atoms with Gasteiger partial charge in [-0.15, -0.1) is 0 Å². The Kier molecular flexibility index (Phi) is 1.60. The van der Waals surface area contributed by atoms with Crippen molar-refractivity contribution in [2.24, 2.45) is 10.7 Å². The third kappa shape index (κ3) is 1.03. The second-order valence-corrected chi connectivity index (χ2v) is 3.63. The molecule has 1 aromatic carbocycles. The van der Waals surface area contributed by atoms with Gasteiger partial charge < -0.3 is 5.73 Å². The molecule has 0 bridgehead atoms. The summed E-state index contributed by atoms with van der Waals surface area (Å²) in [6.45, 7) is 0.750. The summed E-state index contributed by atoms with van der Waals surface area (Å²) in [5.41, 5.74) is 8.04. The summed E-state index contributed by atoms with van der Waals surface area (Å²) in [5, 5.41) is 0. The predicted octanol–water partition coefficient (Wildman–Crippen LogP) is 1.51. The van der Waals surface area contributed by atoms with E-state index >= 15 is 0 Å². The van der Waals surface area contributed by atoms with E-state index in [0.717, 1.165) is 12.1 Å². The topological polar surface area (TPSA) is 38.4 Å². The first-order valence-electron chi connectivity index (χ1n) is 3.37. The van der Waals surface area contributed by atoms with E-state index in [1.54, 1.807) is 0 Å². The molecule has 2 rings (SSSR count). The average Bonchev–Trinajstić information content (AvgIpc) is 2.35. The molecule has 1 aliphatic rings. The van der Waals surface area contributed by atoms with Crippen molar-refractivity contribution in [3.63, 3.8) is 0 Å². The minimum Gasteiger partial charge on any atom is -0.383 e. The molecule has 2 N–H and O–H groups in total. The maximum absolute atomic E-state index is 5.66. The second kappa shape index (κ2) is 2.48. The highest BCUT2D eigenvalue weighted by molar-refractivity contribution is 14.1. The number of hydrogen-bond donors (Lipinski definition) is 1. The average molecular weight is 258 g/mol. The number of amidine groups is 1. The third-order valence-corrected chi connectivity index (χ3v) is 2.81. The molecule has 2 nitrogen and oxygen atoms in total. The maximum Gasteiger partial charge on any atom is 0.126 e. The zero-order valence-electron chi connectivity index (χ0n) is 5.84. The molecule has 1 heterocycles. The van der Waals surface area contributed by atoms with Crippen LogP contribution in [-0.2, 0) is 6.54 Å². The highest BCUT2D eigenvalue weighted by Crippen LogP contribution is 2.22. The number of halogens is 1. The number of aliphatic imine (C=N–C) groups is 1. The van der Waals surface area contributed by atoms with Crippen LogP contribution in [0.3, 0.4) is 0 Å². The number of nitrogens with two attached hydrogens (primary N) is 1. The fourth-order valence-electron chi connectivity index (χ4n) is 1.21. The lowest BCUT2D eigenvalue weighted by Gasteiger charge is -1.99. The molecule has 1 aliphatic heterocycles. The minimum atomic E-state index is 0.679. The van der Waals surface area contributed by atoms with Crippen molar-refractivity contribution in [3.8, 4) is 0 Å². The Hall–Kier alpha value is -0.580. The van der Waals surface area contributed by atoms with E-state index in [1.165, 1.54) is 9.13 Å². The molecule has 0 saturated carbocycles. The summed E-state index contributed by atoms with van der Waals surface area (Å²) < 4.78 is 1.25. The largest absolute Gasteiger partial charge is 0.383 e. The van der Waals surface area contributed by atoms with Gasteiger partial charge in [-0.1, -0.05) is 12.1 Å². The zero-order valence-corrected chi connectivity index (χ0v) is 8.00. The highest BCUT2D eigenvalue weighted by atomic mass is 127. The Bertz CT molecular complexity index is 331. The monoisotopic (exact) mass is 258 g/mol. The standard InChI is InChI=1S/C8H7IN2/c9-7-3-1-2-5-6(7)4-11-8(5)10/h1-3H,4H2,(H2,10,11). The molecule has 3 heteroatoms. The van der Waals surface area contributed by atoms with Gasteiger partial charge in [0.1, 0.15) is 5.84 Å². The van der Waals surface area contributed by atoms with Gasteiger partial charge in [0.25, 0.3) is 0 Å². The van der Waals surface area contributed by atoms with Crippen molar-refractivity contribution in [2.75, 3.05) is 0 Å². The Morgan fingerprint density at radius 1 is 1.45 bits per heavy atom. The van der Waals surface area contributed by atoms with Gasteiger partial charge in [-0.25, -0.2) is 0 Å². The minimum absolute atomic E-state index is 0.679. The summed E-state index contributed by atoms with van der Waals surface area (Å²) in [5.74, 6) is 0.679.